The van der Waals surface area contributed by atoms with E-state index in [1.54, 1.807) is 0 Å². The Balaban J connectivity index is 1.94. The van der Waals surface area contributed by atoms with Gasteiger partial charge in [-0.3, -0.25) is 0 Å². The minimum absolute atomic E-state index is 0.0847. The van der Waals surface area contributed by atoms with E-state index < -0.39 is 0 Å². The first kappa shape index (κ1) is 18.0. The first-order valence-corrected chi connectivity index (χ1v) is 8.40. The van der Waals surface area contributed by atoms with E-state index in [4.69, 9.17) is 0 Å². The van der Waals surface area contributed by atoms with Gasteiger partial charge < -0.3 is 10.6 Å². The number of benzene rings is 1. The zero-order valence-corrected chi connectivity index (χ0v) is 15.3. The lowest BCUT2D eigenvalue weighted by molar-refractivity contribution is 0.235. The summed E-state index contributed by atoms with van der Waals surface area (Å²) < 4.78 is 1.96. The molecule has 0 aliphatic carbocycles. The highest BCUT2D eigenvalue weighted by Crippen LogP contribution is 2.18. The molecule has 0 fully saturated rings. The third-order valence-electron chi connectivity index (χ3n) is 3.88. The molecule has 1 aromatic carbocycles. The molecule has 2 N–H and O–H groups in total. The molecule has 1 aromatic heterocycles. The number of carbonyl (C=O) groups excluding carboxylic acids is 1. The van der Waals surface area contributed by atoms with Gasteiger partial charge in [0.05, 0.1) is 11.4 Å². The fourth-order valence-electron chi connectivity index (χ4n) is 2.57. The van der Waals surface area contributed by atoms with Crippen LogP contribution < -0.4 is 10.6 Å². The number of aromatic nitrogens is 2. The number of rotatable bonds is 5. The second-order valence-electron chi connectivity index (χ2n) is 7.32. The number of hydrogen-bond donors (Lipinski definition) is 2. The van der Waals surface area contributed by atoms with Crippen LogP contribution in [0.5, 0.6) is 0 Å². The van der Waals surface area contributed by atoms with Gasteiger partial charge in [0, 0.05) is 18.8 Å². The molecule has 130 valence electrons. The zero-order chi connectivity index (χ0) is 17.7. The van der Waals surface area contributed by atoms with Gasteiger partial charge in [-0.1, -0.05) is 39.0 Å². The molecule has 2 rings (SSSR count). The number of urea groups is 1. The topological polar surface area (TPSA) is 59.0 Å². The summed E-state index contributed by atoms with van der Waals surface area (Å²) in [6.45, 7) is 11.6. The Morgan fingerprint density at radius 2 is 1.79 bits per heavy atom. The lowest BCUT2D eigenvalue weighted by Crippen LogP contribution is -2.40. The Morgan fingerprint density at radius 3 is 2.42 bits per heavy atom. The predicted octanol–water partition coefficient (Wildman–Crippen LogP) is 3.38. The quantitative estimate of drug-likeness (QED) is 0.884. The summed E-state index contributed by atoms with van der Waals surface area (Å²) >= 11 is 0. The van der Waals surface area contributed by atoms with Gasteiger partial charge in [-0.15, -0.1) is 0 Å². The first-order chi connectivity index (χ1) is 11.3. The maximum Gasteiger partial charge on any atom is 0.314 e. The highest BCUT2D eigenvalue weighted by atomic mass is 16.2. The normalized spacial score (nSPS) is 11.4. The van der Waals surface area contributed by atoms with Crippen LogP contribution in [0.1, 0.15) is 37.7 Å². The van der Waals surface area contributed by atoms with Gasteiger partial charge in [-0.05, 0) is 43.4 Å². The van der Waals surface area contributed by atoms with Gasteiger partial charge in [-0.25, -0.2) is 9.48 Å². The second-order valence-corrected chi connectivity index (χ2v) is 7.32. The summed E-state index contributed by atoms with van der Waals surface area (Å²) in [4.78, 5) is 11.8. The molecular formula is C19H28N4O. The number of hydrogen-bond acceptors (Lipinski definition) is 2. The smallest absolute Gasteiger partial charge is 0.314 e. The first-order valence-electron chi connectivity index (χ1n) is 8.40. The summed E-state index contributed by atoms with van der Waals surface area (Å²) in [7, 11) is 0. The van der Waals surface area contributed by atoms with Crippen LogP contribution >= 0.6 is 0 Å². The molecule has 5 heteroatoms. The highest BCUT2D eigenvalue weighted by molar-refractivity contribution is 5.73. The minimum atomic E-state index is -0.115. The molecule has 0 radical (unpaired) electrons. The van der Waals surface area contributed by atoms with Crippen molar-refractivity contribution < 1.29 is 4.79 Å². The molecular weight excluding hydrogens is 300 g/mol. The van der Waals surface area contributed by atoms with Crippen molar-refractivity contribution in [2.75, 3.05) is 13.1 Å². The zero-order valence-electron chi connectivity index (χ0n) is 15.3. The fourth-order valence-corrected chi connectivity index (χ4v) is 2.57. The predicted molar refractivity (Wildman–Crippen MR) is 97.6 cm³/mol. The van der Waals surface area contributed by atoms with Crippen molar-refractivity contribution in [2.24, 2.45) is 5.41 Å². The molecule has 0 aliphatic heterocycles. The van der Waals surface area contributed by atoms with Gasteiger partial charge >= 0.3 is 6.03 Å². The molecule has 0 saturated carbocycles. The highest BCUT2D eigenvalue weighted by Gasteiger charge is 2.14. The third kappa shape index (κ3) is 4.85. The van der Waals surface area contributed by atoms with Gasteiger partial charge in [-0.2, -0.15) is 5.10 Å². The number of nitrogens with one attached hydrogen (secondary N) is 2. The number of para-hydroxylation sites is 1. The van der Waals surface area contributed by atoms with Crippen LogP contribution in [-0.2, 0) is 6.42 Å². The molecule has 5 nitrogen and oxygen atoms in total. The Hall–Kier alpha value is -2.30. The van der Waals surface area contributed by atoms with E-state index in [9.17, 15) is 4.79 Å². The van der Waals surface area contributed by atoms with Gasteiger partial charge in [0.2, 0.25) is 0 Å². The molecule has 0 bridgehead atoms. The maximum absolute atomic E-state index is 11.8. The van der Waals surface area contributed by atoms with Crippen LogP contribution in [0.15, 0.2) is 30.3 Å². The summed E-state index contributed by atoms with van der Waals surface area (Å²) in [6, 6.07) is 9.98. The SMILES string of the molecule is Cc1nn(-c2ccccc2)c(C)c1CCNC(=O)NCC(C)(C)C. The van der Waals surface area contributed by atoms with Crippen molar-refractivity contribution in [3.8, 4) is 5.69 Å². The minimum Gasteiger partial charge on any atom is -0.338 e. The van der Waals surface area contributed by atoms with E-state index in [1.165, 1.54) is 5.56 Å². The molecule has 0 atom stereocenters. The van der Waals surface area contributed by atoms with Crippen molar-refractivity contribution in [2.45, 2.75) is 41.0 Å². The Bertz CT molecular complexity index is 683. The standard InChI is InChI=1S/C19H28N4O/c1-14-17(11-12-20-18(24)21-13-19(3,4)5)15(2)23(22-14)16-9-7-6-8-10-16/h6-10H,11-13H2,1-5H3,(H2,20,21,24). The van der Waals surface area contributed by atoms with Crippen LogP contribution in [0.2, 0.25) is 0 Å². The monoisotopic (exact) mass is 328 g/mol. The Morgan fingerprint density at radius 1 is 1.12 bits per heavy atom. The molecule has 0 saturated heterocycles. The molecule has 1 heterocycles. The Kier molecular flexibility index (Phi) is 5.65. The molecule has 2 aromatic rings. The van der Waals surface area contributed by atoms with E-state index in [2.05, 4.69) is 43.4 Å². The van der Waals surface area contributed by atoms with Crippen LogP contribution in [0.3, 0.4) is 0 Å². The van der Waals surface area contributed by atoms with Crippen LogP contribution in [0, 0.1) is 19.3 Å². The molecule has 2 amide bonds. The Labute approximate surface area is 144 Å². The van der Waals surface area contributed by atoms with Crippen LogP contribution in [0.4, 0.5) is 4.79 Å². The molecule has 24 heavy (non-hydrogen) atoms. The van der Waals surface area contributed by atoms with Gasteiger partial charge in [0.1, 0.15) is 0 Å². The number of aryl methyl sites for hydroxylation is 1. The number of carbonyl (C=O) groups is 1. The molecule has 0 spiro atoms. The van der Waals surface area contributed by atoms with Crippen LogP contribution in [0.25, 0.3) is 5.69 Å². The summed E-state index contributed by atoms with van der Waals surface area (Å²) in [5.41, 5.74) is 4.46. The number of nitrogens with zero attached hydrogens (tertiary/aromatic N) is 2. The average molecular weight is 328 g/mol. The van der Waals surface area contributed by atoms with Crippen molar-refractivity contribution in [1.82, 2.24) is 20.4 Å². The third-order valence-corrected chi connectivity index (χ3v) is 3.88. The van der Waals surface area contributed by atoms with Crippen molar-refractivity contribution >= 4 is 6.03 Å². The van der Waals surface area contributed by atoms with E-state index in [0.717, 1.165) is 23.5 Å². The van der Waals surface area contributed by atoms with E-state index >= 15 is 0 Å². The van der Waals surface area contributed by atoms with E-state index in [-0.39, 0.29) is 11.4 Å². The lowest BCUT2D eigenvalue weighted by Gasteiger charge is -2.18. The van der Waals surface area contributed by atoms with E-state index in [1.807, 2.05) is 41.9 Å². The lowest BCUT2D eigenvalue weighted by atomic mass is 9.97. The summed E-state index contributed by atoms with van der Waals surface area (Å²) in [5.74, 6) is 0. The maximum atomic E-state index is 11.8. The second kappa shape index (κ2) is 7.51. The molecule has 0 aliphatic rings. The van der Waals surface area contributed by atoms with Crippen molar-refractivity contribution in [3.63, 3.8) is 0 Å². The van der Waals surface area contributed by atoms with Gasteiger partial charge in [0.25, 0.3) is 0 Å². The summed E-state index contributed by atoms with van der Waals surface area (Å²) in [6.07, 6.45) is 0.771. The van der Waals surface area contributed by atoms with Gasteiger partial charge in [0.15, 0.2) is 0 Å². The average Bonchev–Trinajstić information content (AvgIpc) is 2.81. The fraction of sp³-hybridized carbons (Fsp3) is 0.474. The number of amides is 2. The van der Waals surface area contributed by atoms with Crippen LogP contribution in [-0.4, -0.2) is 28.9 Å². The van der Waals surface area contributed by atoms with Crippen molar-refractivity contribution in [3.05, 3.63) is 47.3 Å². The largest absolute Gasteiger partial charge is 0.338 e. The summed E-state index contributed by atoms with van der Waals surface area (Å²) in [5, 5.41) is 10.5. The molecule has 0 unspecified atom stereocenters. The van der Waals surface area contributed by atoms with E-state index in [0.29, 0.717) is 13.1 Å². The van der Waals surface area contributed by atoms with Crippen molar-refractivity contribution in [1.29, 1.82) is 0 Å².